The number of hydrogen-bond acceptors (Lipinski definition) is 5. The maximum Gasteiger partial charge on any atom is 0.338 e. The lowest BCUT2D eigenvalue weighted by Gasteiger charge is -2.11. The number of nitrogens with one attached hydrogen (secondary N) is 1. The highest BCUT2D eigenvalue weighted by molar-refractivity contribution is 6.32. The number of benzene rings is 3. The summed E-state index contributed by atoms with van der Waals surface area (Å²) in [5, 5.41) is 15.2. The number of phenols is 1. The molecule has 0 unspecified atom stereocenters. The molecule has 0 bridgehead atoms. The number of aromatic hydroxyl groups is 1. The molecule has 152 valence electrons. The second kappa shape index (κ2) is 9.24. The van der Waals surface area contributed by atoms with E-state index in [2.05, 4.69) is 17.1 Å². The van der Waals surface area contributed by atoms with Crippen molar-refractivity contribution in [2.24, 2.45) is 5.10 Å². The highest BCUT2D eigenvalue weighted by Crippen LogP contribution is 2.27. The van der Waals surface area contributed by atoms with Crippen LogP contribution in [0.25, 0.3) is 16.3 Å². The van der Waals surface area contributed by atoms with Crippen molar-refractivity contribution in [2.75, 3.05) is 6.61 Å². The molecular weight excluding hydrogens is 404 g/mol. The average molecular weight is 423 g/mol. The second-order valence-electron chi connectivity index (χ2n) is 6.31. The van der Waals surface area contributed by atoms with Crippen LogP contribution in [-0.2, 0) is 9.53 Å². The zero-order chi connectivity index (χ0) is 21.7. The van der Waals surface area contributed by atoms with Gasteiger partial charge in [0.15, 0.2) is 0 Å². The Morgan fingerprint density at radius 2 is 1.90 bits per heavy atom. The van der Waals surface area contributed by atoms with Gasteiger partial charge in [0.2, 0.25) is 0 Å². The van der Waals surface area contributed by atoms with Crippen molar-refractivity contribution in [1.29, 1.82) is 0 Å². The van der Waals surface area contributed by atoms with E-state index in [1.54, 1.807) is 19.1 Å². The van der Waals surface area contributed by atoms with Crippen LogP contribution in [0.15, 0.2) is 66.3 Å². The number of carbonyl (C=O) groups excluding carboxylic acids is 2. The van der Waals surface area contributed by atoms with Crippen molar-refractivity contribution < 1.29 is 19.4 Å². The van der Waals surface area contributed by atoms with Gasteiger partial charge in [-0.3, -0.25) is 4.79 Å². The van der Waals surface area contributed by atoms with Crippen molar-refractivity contribution in [3.63, 3.8) is 0 Å². The van der Waals surface area contributed by atoms with Gasteiger partial charge in [-0.2, -0.15) is 5.10 Å². The third-order valence-corrected chi connectivity index (χ3v) is 4.69. The highest BCUT2D eigenvalue weighted by atomic mass is 35.5. The summed E-state index contributed by atoms with van der Waals surface area (Å²) in [6.07, 6.45) is 1.51. The highest BCUT2D eigenvalue weighted by Gasteiger charge is 2.14. The van der Waals surface area contributed by atoms with Gasteiger partial charge in [-0.25, -0.2) is 10.2 Å². The molecular formula is C23H19ClN2O4. The van der Waals surface area contributed by atoms with Crippen molar-refractivity contribution in [2.45, 2.75) is 6.92 Å². The van der Waals surface area contributed by atoms with Crippen LogP contribution < -0.4 is 5.43 Å². The van der Waals surface area contributed by atoms with Gasteiger partial charge in [0, 0.05) is 11.1 Å². The first kappa shape index (κ1) is 21.1. The Balaban J connectivity index is 1.85. The molecule has 0 saturated heterocycles. The first-order chi connectivity index (χ1) is 14.4. The fourth-order valence-corrected chi connectivity index (χ4v) is 3.08. The number of ether oxygens (including phenoxy) is 1. The van der Waals surface area contributed by atoms with E-state index in [0.29, 0.717) is 5.56 Å². The molecule has 30 heavy (non-hydrogen) atoms. The zero-order valence-corrected chi connectivity index (χ0v) is 16.9. The lowest BCUT2D eigenvalue weighted by molar-refractivity contribution is -0.136. The molecule has 0 saturated carbocycles. The molecule has 2 N–H and O–H groups in total. The summed E-state index contributed by atoms with van der Waals surface area (Å²) in [6.45, 7) is 5.87. The molecule has 1 amide bonds. The summed E-state index contributed by atoms with van der Waals surface area (Å²) >= 11 is 5.83. The number of hydrazone groups is 1. The molecule has 7 heteroatoms. The van der Waals surface area contributed by atoms with Gasteiger partial charge in [0.1, 0.15) is 5.75 Å². The number of rotatable bonds is 6. The predicted molar refractivity (Wildman–Crippen MR) is 118 cm³/mol. The Kier molecular flexibility index (Phi) is 6.49. The Morgan fingerprint density at radius 3 is 2.60 bits per heavy atom. The largest absolute Gasteiger partial charge is 0.506 e. The molecule has 0 aliphatic heterocycles. The molecule has 0 aliphatic rings. The molecule has 3 rings (SSSR count). The number of fused-ring (bicyclic) bond motifs is 1. The number of nitrogens with zero attached hydrogens (tertiary/aromatic N) is 1. The average Bonchev–Trinajstić information content (AvgIpc) is 2.75. The van der Waals surface area contributed by atoms with Crippen LogP contribution >= 0.6 is 11.6 Å². The summed E-state index contributed by atoms with van der Waals surface area (Å²) in [4.78, 5) is 24.3. The molecule has 0 spiro atoms. The zero-order valence-electron chi connectivity index (χ0n) is 16.2. The summed E-state index contributed by atoms with van der Waals surface area (Å²) in [5.41, 5.74) is 4.38. The SMILES string of the molecule is C=C(C(=O)OCC)c1ccc(C=NNC(=O)c2ccc(O)c(Cl)c2)c2ccccc12. The first-order valence-corrected chi connectivity index (χ1v) is 9.50. The van der Waals surface area contributed by atoms with E-state index in [9.17, 15) is 14.7 Å². The third kappa shape index (κ3) is 4.50. The summed E-state index contributed by atoms with van der Waals surface area (Å²) in [5.74, 6) is -1.04. The maximum atomic E-state index is 12.2. The van der Waals surface area contributed by atoms with Gasteiger partial charge in [-0.15, -0.1) is 0 Å². The molecule has 0 aromatic heterocycles. The fraction of sp³-hybridized carbons (Fsp3) is 0.0870. The normalized spacial score (nSPS) is 10.9. The van der Waals surface area contributed by atoms with Gasteiger partial charge in [0.25, 0.3) is 5.91 Å². The van der Waals surface area contributed by atoms with E-state index in [-0.39, 0.29) is 28.5 Å². The molecule has 3 aromatic carbocycles. The lowest BCUT2D eigenvalue weighted by Crippen LogP contribution is -2.17. The van der Waals surface area contributed by atoms with Gasteiger partial charge < -0.3 is 9.84 Å². The van der Waals surface area contributed by atoms with E-state index in [0.717, 1.165) is 16.3 Å². The minimum absolute atomic E-state index is 0.0787. The van der Waals surface area contributed by atoms with Gasteiger partial charge in [0.05, 0.1) is 23.4 Å². The third-order valence-electron chi connectivity index (χ3n) is 4.38. The van der Waals surface area contributed by atoms with Crippen LogP contribution in [-0.4, -0.2) is 29.8 Å². The smallest absolute Gasteiger partial charge is 0.338 e. The molecule has 6 nitrogen and oxygen atoms in total. The van der Waals surface area contributed by atoms with Crippen LogP contribution in [0, 0.1) is 0 Å². The standard InChI is InChI=1S/C23H19ClN2O4/c1-3-30-23(29)14(2)17-10-8-16(18-6-4-5-7-19(17)18)13-25-26-22(28)15-9-11-21(27)20(24)12-15/h4-13,27H,2-3H2,1H3,(H,26,28). The summed E-state index contributed by atoms with van der Waals surface area (Å²) in [6, 6.07) is 15.2. The molecule has 0 radical (unpaired) electrons. The Hall–Kier alpha value is -3.64. The Bertz CT molecular complexity index is 1170. The fourth-order valence-electron chi connectivity index (χ4n) is 2.90. The molecule has 0 heterocycles. The van der Waals surface area contributed by atoms with Gasteiger partial charge >= 0.3 is 5.97 Å². The van der Waals surface area contributed by atoms with Crippen molar-refractivity contribution in [3.05, 3.63) is 82.9 Å². The lowest BCUT2D eigenvalue weighted by atomic mass is 9.96. The van der Waals surface area contributed by atoms with Gasteiger partial charge in [-0.05, 0) is 41.5 Å². The number of esters is 1. The Morgan fingerprint density at radius 1 is 1.17 bits per heavy atom. The number of halogens is 1. The van der Waals surface area contributed by atoms with Gasteiger partial charge in [-0.1, -0.05) is 54.6 Å². The van der Waals surface area contributed by atoms with Crippen LogP contribution in [0.5, 0.6) is 5.75 Å². The molecule has 3 aromatic rings. The summed E-state index contributed by atoms with van der Waals surface area (Å²) in [7, 11) is 0. The number of carbonyl (C=O) groups is 2. The quantitative estimate of drug-likeness (QED) is 0.264. The molecule has 0 aliphatic carbocycles. The van der Waals surface area contributed by atoms with E-state index >= 15 is 0 Å². The number of hydrogen-bond donors (Lipinski definition) is 2. The second-order valence-corrected chi connectivity index (χ2v) is 6.72. The molecule has 0 fully saturated rings. The van der Waals surface area contributed by atoms with E-state index in [4.69, 9.17) is 16.3 Å². The monoisotopic (exact) mass is 422 g/mol. The minimum atomic E-state index is -0.469. The van der Waals surface area contributed by atoms with E-state index < -0.39 is 11.9 Å². The maximum absolute atomic E-state index is 12.2. The number of amides is 1. The predicted octanol–water partition coefficient (Wildman–Crippen LogP) is 4.54. The van der Waals surface area contributed by atoms with Crippen LogP contribution in [0.4, 0.5) is 0 Å². The van der Waals surface area contributed by atoms with Crippen molar-refractivity contribution in [3.8, 4) is 5.75 Å². The van der Waals surface area contributed by atoms with Crippen LogP contribution in [0.1, 0.15) is 28.4 Å². The summed E-state index contributed by atoms with van der Waals surface area (Å²) < 4.78 is 5.05. The van der Waals surface area contributed by atoms with E-state index in [1.165, 1.54) is 24.4 Å². The first-order valence-electron chi connectivity index (χ1n) is 9.12. The minimum Gasteiger partial charge on any atom is -0.506 e. The number of phenolic OH excluding ortho intramolecular Hbond substituents is 1. The Labute approximate surface area is 178 Å². The van der Waals surface area contributed by atoms with Crippen LogP contribution in [0.2, 0.25) is 5.02 Å². The van der Waals surface area contributed by atoms with Crippen molar-refractivity contribution >= 4 is 46.0 Å². The van der Waals surface area contributed by atoms with Crippen LogP contribution in [0.3, 0.4) is 0 Å². The van der Waals surface area contributed by atoms with E-state index in [1.807, 2.05) is 24.3 Å². The topological polar surface area (TPSA) is 88.0 Å². The molecule has 0 atom stereocenters. The van der Waals surface area contributed by atoms with Crippen molar-refractivity contribution in [1.82, 2.24) is 5.43 Å².